The van der Waals surface area contributed by atoms with Gasteiger partial charge in [0, 0.05) is 10.9 Å². The number of benzene rings is 1. The number of nitrogens with one attached hydrogen (secondary N) is 1. The molecule has 8 heteroatoms. The molecule has 1 unspecified atom stereocenters. The van der Waals surface area contributed by atoms with Crippen LogP contribution >= 0.6 is 12.6 Å². The van der Waals surface area contributed by atoms with Gasteiger partial charge in [0.2, 0.25) is 0 Å². The molecular weight excluding hydrogens is 321 g/mol. The van der Waals surface area contributed by atoms with Crippen molar-refractivity contribution in [3.63, 3.8) is 0 Å². The number of alkyl halides is 3. The molecule has 1 aliphatic heterocycles. The standard InChI is InChI=1S/C13H17F3N2OS2/c1-18-6-4-9(5-7-18)17-11-3-2-10(20)8-12(11)21(19)13(14,15)16/h2-3,8-9,17,20H,4-7H2,1H3. The van der Waals surface area contributed by atoms with E-state index in [0.29, 0.717) is 4.90 Å². The maximum Gasteiger partial charge on any atom is 0.475 e. The van der Waals surface area contributed by atoms with Crippen LogP contribution in [-0.2, 0) is 10.8 Å². The Morgan fingerprint density at radius 2 is 1.95 bits per heavy atom. The number of hydrogen-bond donors (Lipinski definition) is 2. The minimum atomic E-state index is -4.77. The molecule has 0 spiro atoms. The van der Waals surface area contributed by atoms with Crippen molar-refractivity contribution in [2.75, 3.05) is 25.5 Å². The van der Waals surface area contributed by atoms with Crippen molar-refractivity contribution in [2.45, 2.75) is 34.2 Å². The quantitative estimate of drug-likeness (QED) is 0.831. The third-order valence-electron chi connectivity index (χ3n) is 3.45. The van der Waals surface area contributed by atoms with Crippen molar-refractivity contribution in [3.8, 4) is 0 Å². The molecule has 0 radical (unpaired) electrons. The highest BCUT2D eigenvalue weighted by molar-refractivity contribution is 7.86. The van der Waals surface area contributed by atoms with Crippen molar-refractivity contribution in [2.24, 2.45) is 0 Å². The first-order valence-electron chi connectivity index (χ1n) is 6.54. The van der Waals surface area contributed by atoms with Crippen LogP contribution in [0.25, 0.3) is 0 Å². The Bertz CT molecular complexity index is 529. The third-order valence-corrected chi connectivity index (χ3v) is 4.89. The zero-order chi connectivity index (χ0) is 15.6. The average molecular weight is 338 g/mol. The van der Waals surface area contributed by atoms with E-state index in [-0.39, 0.29) is 16.6 Å². The minimum Gasteiger partial charge on any atom is -0.381 e. The van der Waals surface area contributed by atoms with Crippen molar-refractivity contribution in [3.05, 3.63) is 18.2 Å². The fraction of sp³-hybridized carbons (Fsp3) is 0.538. The molecule has 3 nitrogen and oxygen atoms in total. The van der Waals surface area contributed by atoms with E-state index in [2.05, 4.69) is 22.8 Å². The summed E-state index contributed by atoms with van der Waals surface area (Å²) in [6.07, 6.45) is 1.69. The van der Waals surface area contributed by atoms with Crippen molar-refractivity contribution < 1.29 is 17.4 Å². The summed E-state index contributed by atoms with van der Waals surface area (Å²) < 4.78 is 49.8. The summed E-state index contributed by atoms with van der Waals surface area (Å²) in [4.78, 5) is 2.27. The second-order valence-corrected chi connectivity index (χ2v) is 7.07. The number of rotatable bonds is 3. The van der Waals surface area contributed by atoms with E-state index in [4.69, 9.17) is 0 Å². The van der Waals surface area contributed by atoms with Crippen LogP contribution in [0.1, 0.15) is 12.8 Å². The number of anilines is 1. The van der Waals surface area contributed by atoms with Gasteiger partial charge < -0.3 is 10.2 Å². The van der Waals surface area contributed by atoms with Gasteiger partial charge in [0.05, 0.1) is 10.6 Å². The Labute approximate surface area is 129 Å². The number of piperidine rings is 1. The topological polar surface area (TPSA) is 32.3 Å². The van der Waals surface area contributed by atoms with Crippen molar-refractivity contribution in [1.29, 1.82) is 0 Å². The summed E-state index contributed by atoms with van der Waals surface area (Å²) in [7, 11) is -1.05. The van der Waals surface area contributed by atoms with E-state index in [1.165, 1.54) is 12.1 Å². The second-order valence-electron chi connectivity index (χ2n) is 5.12. The molecule has 0 saturated carbocycles. The van der Waals surface area contributed by atoms with Gasteiger partial charge in [-0.25, -0.2) is 4.21 Å². The average Bonchev–Trinajstić information content (AvgIpc) is 2.41. The van der Waals surface area contributed by atoms with Crippen molar-refractivity contribution >= 4 is 29.1 Å². The molecule has 2 rings (SSSR count). The Morgan fingerprint density at radius 3 is 2.52 bits per heavy atom. The highest BCUT2D eigenvalue weighted by Crippen LogP contribution is 2.33. The van der Waals surface area contributed by atoms with Crippen LogP contribution in [0.3, 0.4) is 0 Å². The molecule has 1 aliphatic rings. The van der Waals surface area contributed by atoms with E-state index in [1.807, 2.05) is 7.05 Å². The highest BCUT2D eigenvalue weighted by atomic mass is 32.2. The highest BCUT2D eigenvalue weighted by Gasteiger charge is 2.39. The molecule has 1 saturated heterocycles. The first-order chi connectivity index (χ1) is 9.77. The molecule has 1 aromatic rings. The van der Waals surface area contributed by atoms with Crippen LogP contribution in [0.2, 0.25) is 0 Å². The Balaban J connectivity index is 2.21. The van der Waals surface area contributed by atoms with Crippen molar-refractivity contribution in [1.82, 2.24) is 4.90 Å². The third kappa shape index (κ3) is 4.37. The molecule has 0 aromatic heterocycles. The minimum absolute atomic E-state index is 0.0935. The van der Waals surface area contributed by atoms with Crippen LogP contribution in [0, 0.1) is 0 Å². The molecule has 21 heavy (non-hydrogen) atoms. The van der Waals surface area contributed by atoms with E-state index >= 15 is 0 Å². The molecular formula is C13H17F3N2OS2. The van der Waals surface area contributed by atoms with Gasteiger partial charge in [-0.3, -0.25) is 0 Å². The molecule has 1 fully saturated rings. The Kier molecular flexibility index (Phi) is 5.21. The van der Waals surface area contributed by atoms with E-state index < -0.39 is 16.3 Å². The summed E-state index contributed by atoms with van der Waals surface area (Å²) in [6.45, 7) is 1.78. The van der Waals surface area contributed by atoms with Crippen LogP contribution < -0.4 is 5.32 Å². The van der Waals surface area contributed by atoms with E-state index in [0.717, 1.165) is 25.9 Å². The molecule has 1 heterocycles. The Hall–Kier alpha value is -0.730. The van der Waals surface area contributed by atoms with Gasteiger partial charge in [0.15, 0.2) is 10.8 Å². The van der Waals surface area contributed by atoms with Crippen LogP contribution in [0.4, 0.5) is 18.9 Å². The summed E-state index contributed by atoms with van der Waals surface area (Å²) in [5, 5.41) is 3.10. The predicted molar refractivity (Wildman–Crippen MR) is 80.3 cm³/mol. The molecule has 1 aromatic carbocycles. The second kappa shape index (κ2) is 6.58. The van der Waals surface area contributed by atoms with Gasteiger partial charge in [-0.05, 0) is 51.2 Å². The normalized spacial score (nSPS) is 19.5. The first kappa shape index (κ1) is 16.6. The zero-order valence-electron chi connectivity index (χ0n) is 11.5. The number of nitrogens with zero attached hydrogens (tertiary/aromatic N) is 1. The summed E-state index contributed by atoms with van der Waals surface area (Å²) in [5.41, 5.74) is -4.50. The molecule has 1 N–H and O–H groups in total. The maximum absolute atomic E-state index is 12.7. The van der Waals surface area contributed by atoms with Gasteiger partial charge in [-0.2, -0.15) is 13.2 Å². The van der Waals surface area contributed by atoms with Gasteiger partial charge in [-0.1, -0.05) is 0 Å². The molecule has 0 amide bonds. The summed E-state index contributed by atoms with van der Waals surface area (Å²) in [5.74, 6) is 0. The van der Waals surface area contributed by atoms with Gasteiger partial charge in [0.1, 0.15) is 0 Å². The lowest BCUT2D eigenvalue weighted by molar-refractivity contribution is -0.0384. The number of likely N-dealkylation sites (tertiary alicyclic amines) is 1. The lowest BCUT2D eigenvalue weighted by Gasteiger charge is -2.30. The first-order valence-corrected chi connectivity index (χ1v) is 8.14. The molecule has 118 valence electrons. The van der Waals surface area contributed by atoms with Gasteiger partial charge in [-0.15, -0.1) is 12.6 Å². The summed E-state index contributed by atoms with van der Waals surface area (Å²) >= 11 is 4.03. The van der Waals surface area contributed by atoms with E-state index in [1.54, 1.807) is 6.07 Å². The van der Waals surface area contributed by atoms with Gasteiger partial charge in [0.25, 0.3) is 0 Å². The summed E-state index contributed by atoms with van der Waals surface area (Å²) in [6, 6.07) is 4.41. The largest absolute Gasteiger partial charge is 0.475 e. The lowest BCUT2D eigenvalue weighted by atomic mass is 10.1. The number of halogens is 3. The number of thiol groups is 1. The molecule has 0 aliphatic carbocycles. The van der Waals surface area contributed by atoms with Crippen LogP contribution in [0.15, 0.2) is 28.0 Å². The predicted octanol–water partition coefficient (Wildman–Crippen LogP) is 3.11. The van der Waals surface area contributed by atoms with Crippen LogP contribution in [-0.4, -0.2) is 40.8 Å². The smallest absolute Gasteiger partial charge is 0.381 e. The maximum atomic E-state index is 12.7. The monoisotopic (exact) mass is 338 g/mol. The fourth-order valence-corrected chi connectivity index (χ4v) is 3.38. The molecule has 1 atom stereocenters. The van der Waals surface area contributed by atoms with Gasteiger partial charge >= 0.3 is 5.51 Å². The lowest BCUT2D eigenvalue weighted by Crippen LogP contribution is -2.37. The SMILES string of the molecule is CN1CCC(Nc2ccc(S)cc2S(=O)C(F)(F)F)CC1. The number of hydrogen-bond acceptors (Lipinski definition) is 4. The molecule has 0 bridgehead atoms. The fourth-order valence-electron chi connectivity index (χ4n) is 2.28. The van der Waals surface area contributed by atoms with E-state index in [9.17, 15) is 17.4 Å². The zero-order valence-corrected chi connectivity index (χ0v) is 13.2. The van der Waals surface area contributed by atoms with Crippen LogP contribution in [0.5, 0.6) is 0 Å². The Morgan fingerprint density at radius 1 is 1.33 bits per heavy atom.